The standard InChI is InChI=1S/C9H15NO3S.H2NP/c1-3-13-5-4-10-8(11)6-7(14-2)9(10)12;1-2/h7H,3-6H2,1-2H3;1-2H/i/hD. The normalized spacial score (nSPS) is 20.2. The Bertz CT molecular complexity index is 281. The highest BCUT2D eigenvalue weighted by atomic mass is 32.2. The van der Waals surface area contributed by atoms with Crippen LogP contribution in [0.4, 0.5) is 0 Å². The molecule has 5 nitrogen and oxygen atoms in total. The van der Waals surface area contributed by atoms with Crippen molar-refractivity contribution in [3.05, 3.63) is 0 Å². The highest BCUT2D eigenvalue weighted by Gasteiger charge is 2.37. The van der Waals surface area contributed by atoms with E-state index in [2.05, 4.69) is 14.2 Å². The molecular weight excluding hydrogens is 247 g/mol. The molecule has 16 heavy (non-hydrogen) atoms. The molecule has 0 bridgehead atoms. The van der Waals surface area contributed by atoms with Gasteiger partial charge in [-0.25, -0.2) is 0 Å². The van der Waals surface area contributed by atoms with E-state index in [1.54, 1.807) is 0 Å². The van der Waals surface area contributed by atoms with Gasteiger partial charge >= 0.3 is 0 Å². The van der Waals surface area contributed by atoms with Crippen molar-refractivity contribution in [1.82, 2.24) is 4.90 Å². The van der Waals surface area contributed by atoms with Crippen LogP contribution in [0.3, 0.4) is 0 Å². The lowest BCUT2D eigenvalue weighted by Crippen LogP contribution is -2.34. The number of nitrogens with zero attached hydrogens (tertiary/aromatic N) is 1. The summed E-state index contributed by atoms with van der Waals surface area (Å²) in [5, 5.41) is 2.38. The van der Waals surface area contributed by atoms with Crippen LogP contribution in [0.15, 0.2) is 0 Å². The SMILES string of the molecule is CCOCCN1C(=O)CC(SC)C1=O.[2H]N=P. The first-order valence-electron chi connectivity index (χ1n) is 5.32. The molecule has 1 saturated heterocycles. The van der Waals surface area contributed by atoms with E-state index < -0.39 is 0 Å². The monoisotopic (exact) mass is 265 g/mol. The second-order valence-electron chi connectivity index (χ2n) is 3.01. The minimum atomic E-state index is -0.177. The Balaban J connectivity index is 0.000000770. The van der Waals surface area contributed by atoms with Gasteiger partial charge in [0.25, 0.3) is 0 Å². The van der Waals surface area contributed by atoms with Gasteiger partial charge in [0, 0.05) is 13.0 Å². The smallest absolute Gasteiger partial charge is 0.242 e. The van der Waals surface area contributed by atoms with Crippen molar-refractivity contribution in [2.45, 2.75) is 18.6 Å². The molecule has 0 aliphatic carbocycles. The van der Waals surface area contributed by atoms with Crippen molar-refractivity contribution < 1.29 is 15.7 Å². The van der Waals surface area contributed by atoms with E-state index in [4.69, 9.17) is 6.15 Å². The van der Waals surface area contributed by atoms with Gasteiger partial charge in [-0.2, -0.15) is 11.8 Å². The number of hydrogen-bond donors (Lipinski definition) is 1. The lowest BCUT2D eigenvalue weighted by molar-refractivity contribution is -0.139. The highest BCUT2D eigenvalue weighted by molar-refractivity contribution is 8.00. The third kappa shape index (κ3) is 4.20. The molecule has 1 aliphatic rings. The van der Waals surface area contributed by atoms with E-state index in [1.807, 2.05) is 13.2 Å². The number of likely N-dealkylation sites (tertiary alicyclic amines) is 1. The molecule has 0 aromatic carbocycles. The molecule has 1 heterocycles. The molecule has 0 aromatic heterocycles. The molecule has 1 N–H and O–H groups in total. The van der Waals surface area contributed by atoms with Gasteiger partial charge in [0.2, 0.25) is 11.8 Å². The van der Waals surface area contributed by atoms with Crippen molar-refractivity contribution in [2.75, 3.05) is 26.0 Å². The van der Waals surface area contributed by atoms with E-state index >= 15 is 0 Å². The maximum atomic E-state index is 11.6. The first-order valence-corrected chi connectivity index (χ1v) is 6.61. The first kappa shape index (κ1) is 13.6. The maximum Gasteiger partial charge on any atom is 0.242 e. The average Bonchev–Trinajstić information content (AvgIpc) is 2.57. The number of ether oxygens (including phenoxy) is 1. The molecule has 1 rings (SSSR count). The molecule has 92 valence electrons. The van der Waals surface area contributed by atoms with E-state index in [-0.39, 0.29) is 17.1 Å². The molecule has 0 radical (unpaired) electrons. The van der Waals surface area contributed by atoms with Gasteiger partial charge < -0.3 is 4.74 Å². The Labute approximate surface area is 103 Å². The predicted octanol–water partition coefficient (Wildman–Crippen LogP) is 1.40. The summed E-state index contributed by atoms with van der Waals surface area (Å²) in [6.07, 6.45) is 2.19. The number of thioether (sulfide) groups is 1. The zero-order valence-corrected chi connectivity index (χ0v) is 11.2. The molecule has 0 aromatic rings. The van der Waals surface area contributed by atoms with Gasteiger partial charge in [-0.3, -0.25) is 19.6 Å². The van der Waals surface area contributed by atoms with E-state index in [0.717, 1.165) is 0 Å². The van der Waals surface area contributed by atoms with Gasteiger partial charge in [-0.05, 0) is 22.2 Å². The summed E-state index contributed by atoms with van der Waals surface area (Å²) in [6.45, 7) is 3.33. The molecule has 1 unspecified atom stereocenters. The first-order chi connectivity index (χ1) is 8.12. The van der Waals surface area contributed by atoms with Crippen LogP contribution >= 0.6 is 20.8 Å². The van der Waals surface area contributed by atoms with Crippen molar-refractivity contribution in [2.24, 2.45) is 0 Å². The fourth-order valence-corrected chi connectivity index (χ4v) is 2.01. The van der Waals surface area contributed by atoms with Crippen LogP contribution in [0.5, 0.6) is 0 Å². The largest absolute Gasteiger partial charge is 0.380 e. The predicted molar refractivity (Wildman–Crippen MR) is 66.2 cm³/mol. The quantitative estimate of drug-likeness (QED) is 0.463. The van der Waals surface area contributed by atoms with Crippen LogP contribution in [-0.4, -0.2) is 48.0 Å². The van der Waals surface area contributed by atoms with Gasteiger partial charge in [0.1, 0.15) is 0 Å². The van der Waals surface area contributed by atoms with Gasteiger partial charge in [0.15, 0.2) is 1.41 Å². The van der Waals surface area contributed by atoms with Gasteiger partial charge in [0.05, 0.1) is 18.4 Å². The Morgan fingerprint density at radius 3 is 2.81 bits per heavy atom. The molecule has 1 atom stereocenters. The number of carbonyl (C=O) groups excluding carboxylic acids is 2. The van der Waals surface area contributed by atoms with Crippen molar-refractivity contribution in [3.8, 4) is 0 Å². The number of rotatable bonds is 5. The van der Waals surface area contributed by atoms with E-state index in [0.29, 0.717) is 26.2 Å². The van der Waals surface area contributed by atoms with Crippen LogP contribution in [0.1, 0.15) is 13.3 Å². The summed E-state index contributed by atoms with van der Waals surface area (Å²) in [6, 6.07) is 0. The number of nitrogens with one attached hydrogen (secondary N) is 1. The number of imide groups is 1. The van der Waals surface area contributed by atoms with Crippen LogP contribution in [0.2, 0.25) is 1.41 Å². The second-order valence-corrected chi connectivity index (χ2v) is 4.05. The fourth-order valence-electron chi connectivity index (χ4n) is 1.37. The number of hydrogen-bond acceptors (Lipinski definition) is 5. The summed E-state index contributed by atoms with van der Waals surface area (Å²) < 4.78 is 10.9. The Hall–Kier alpha value is -0.450. The summed E-state index contributed by atoms with van der Waals surface area (Å²) in [4.78, 5) is 24.3. The fraction of sp³-hybridized carbons (Fsp3) is 0.778. The van der Waals surface area contributed by atoms with Gasteiger partial charge in [-0.1, -0.05) is 0 Å². The number of amides is 2. The summed E-state index contributed by atoms with van der Waals surface area (Å²) in [5.41, 5.74) is 0. The van der Waals surface area contributed by atoms with Crippen LogP contribution in [0.25, 0.3) is 0 Å². The molecule has 2 amide bonds. The minimum absolute atomic E-state index is 0.0674. The molecular formula is C9H17N2O3PS. The van der Waals surface area contributed by atoms with Crippen molar-refractivity contribution in [3.63, 3.8) is 0 Å². The lowest BCUT2D eigenvalue weighted by atomic mass is 10.4. The summed E-state index contributed by atoms with van der Waals surface area (Å²) in [7, 11) is 2.48. The van der Waals surface area contributed by atoms with Crippen LogP contribution in [-0.2, 0) is 14.3 Å². The van der Waals surface area contributed by atoms with Crippen LogP contribution in [0, 0.1) is 5.15 Å². The molecule has 7 heteroatoms. The maximum absolute atomic E-state index is 11.6. The highest BCUT2D eigenvalue weighted by Crippen LogP contribution is 2.22. The third-order valence-electron chi connectivity index (χ3n) is 2.15. The van der Waals surface area contributed by atoms with E-state index in [9.17, 15) is 9.59 Å². The summed E-state index contributed by atoms with van der Waals surface area (Å²) in [5.74, 6) is -0.142. The third-order valence-corrected chi connectivity index (χ3v) is 3.09. The molecule has 1 aliphatic heterocycles. The van der Waals surface area contributed by atoms with Crippen molar-refractivity contribution in [1.29, 1.82) is 5.15 Å². The van der Waals surface area contributed by atoms with Crippen molar-refractivity contribution >= 4 is 32.6 Å². The zero-order chi connectivity index (χ0) is 13.3. The van der Waals surface area contributed by atoms with Crippen LogP contribution < -0.4 is 0 Å². The minimum Gasteiger partial charge on any atom is -0.380 e. The zero-order valence-electron chi connectivity index (χ0n) is 10.4. The molecule has 1 fully saturated rings. The number of carbonyl (C=O) groups is 2. The Morgan fingerprint density at radius 1 is 1.75 bits per heavy atom. The molecule has 0 spiro atoms. The second kappa shape index (κ2) is 8.67. The molecule has 0 saturated carbocycles. The summed E-state index contributed by atoms with van der Waals surface area (Å²) >= 11 is 1.43. The topological polar surface area (TPSA) is 70.5 Å². The van der Waals surface area contributed by atoms with Gasteiger partial charge in [-0.15, -0.1) is 0 Å². The Kier molecular flexibility index (Phi) is 7.38. The Morgan fingerprint density at radius 2 is 2.38 bits per heavy atom. The van der Waals surface area contributed by atoms with E-state index in [1.165, 1.54) is 16.7 Å². The average molecular weight is 265 g/mol. The lowest BCUT2D eigenvalue weighted by Gasteiger charge is -2.13.